The van der Waals surface area contributed by atoms with Crippen LogP contribution in [0.4, 0.5) is 21.5 Å². The number of piperidine rings is 1. The Balaban J connectivity index is 1.42. The highest BCUT2D eigenvalue weighted by molar-refractivity contribution is 5.90. The van der Waals surface area contributed by atoms with Crippen LogP contribution in [0, 0.1) is 11.7 Å². The zero-order chi connectivity index (χ0) is 18.4. The van der Waals surface area contributed by atoms with E-state index in [2.05, 4.69) is 46.7 Å². The molecule has 5 heteroatoms. The summed E-state index contributed by atoms with van der Waals surface area (Å²) in [6.07, 6.45) is 2.82. The van der Waals surface area contributed by atoms with Gasteiger partial charge in [0.05, 0.1) is 0 Å². The molecule has 1 heterocycles. The number of nitrogens with one attached hydrogen (secondary N) is 2. The normalized spacial score (nSPS) is 14.9. The lowest BCUT2D eigenvalue weighted by Gasteiger charge is -2.32. The van der Waals surface area contributed by atoms with Crippen LogP contribution in [0.5, 0.6) is 0 Å². The summed E-state index contributed by atoms with van der Waals surface area (Å²) in [6.45, 7) is 5.08. The first-order valence-electron chi connectivity index (χ1n) is 9.24. The van der Waals surface area contributed by atoms with Gasteiger partial charge in [0.15, 0.2) is 0 Å². The number of anilines is 3. The van der Waals surface area contributed by atoms with Crippen molar-refractivity contribution in [2.24, 2.45) is 5.92 Å². The van der Waals surface area contributed by atoms with Crippen molar-refractivity contribution in [3.63, 3.8) is 0 Å². The minimum Gasteiger partial charge on any atom is -0.385 e. The molecule has 1 amide bonds. The highest BCUT2D eigenvalue weighted by Crippen LogP contribution is 2.24. The van der Waals surface area contributed by atoms with Crippen LogP contribution >= 0.6 is 0 Å². The summed E-state index contributed by atoms with van der Waals surface area (Å²) in [5.74, 6) is 0.331. The molecule has 0 atom stereocenters. The Morgan fingerprint density at radius 3 is 2.54 bits per heavy atom. The lowest BCUT2D eigenvalue weighted by molar-refractivity contribution is -0.115. The third-order valence-corrected chi connectivity index (χ3v) is 4.81. The van der Waals surface area contributed by atoms with Gasteiger partial charge in [-0.05, 0) is 61.2 Å². The molecule has 0 radical (unpaired) electrons. The number of carbonyl (C=O) groups is 1. The molecule has 1 saturated heterocycles. The molecule has 1 fully saturated rings. The molecule has 1 aliphatic heterocycles. The second-order valence-corrected chi connectivity index (χ2v) is 6.95. The number of halogens is 1. The van der Waals surface area contributed by atoms with E-state index in [0.717, 1.165) is 24.7 Å². The van der Waals surface area contributed by atoms with Gasteiger partial charge in [0.25, 0.3) is 0 Å². The first-order valence-corrected chi connectivity index (χ1v) is 9.24. The van der Waals surface area contributed by atoms with Crippen LogP contribution in [0.1, 0.15) is 26.2 Å². The van der Waals surface area contributed by atoms with E-state index in [1.54, 1.807) is 12.1 Å². The van der Waals surface area contributed by atoms with Crippen molar-refractivity contribution < 1.29 is 9.18 Å². The molecule has 2 aromatic rings. The minimum absolute atomic E-state index is 0.137. The summed E-state index contributed by atoms with van der Waals surface area (Å²) >= 11 is 0. The fourth-order valence-corrected chi connectivity index (χ4v) is 3.17. The molecular weight excluding hydrogens is 329 g/mol. The van der Waals surface area contributed by atoms with Gasteiger partial charge in [0.2, 0.25) is 5.91 Å². The molecular formula is C21H26FN3O. The molecule has 0 unspecified atom stereocenters. The number of hydrogen-bond donors (Lipinski definition) is 2. The van der Waals surface area contributed by atoms with Crippen LogP contribution < -0.4 is 15.5 Å². The number of amides is 1. The lowest BCUT2D eigenvalue weighted by atomic mass is 9.99. The third-order valence-electron chi connectivity index (χ3n) is 4.81. The summed E-state index contributed by atoms with van der Waals surface area (Å²) in [4.78, 5) is 14.3. The highest BCUT2D eigenvalue weighted by Gasteiger charge is 2.15. The van der Waals surface area contributed by atoms with Crippen LogP contribution in [0.2, 0.25) is 0 Å². The van der Waals surface area contributed by atoms with Crippen molar-refractivity contribution in [1.82, 2.24) is 0 Å². The molecule has 4 nitrogen and oxygen atoms in total. The Morgan fingerprint density at radius 2 is 1.85 bits per heavy atom. The van der Waals surface area contributed by atoms with Gasteiger partial charge in [-0.25, -0.2) is 4.39 Å². The van der Waals surface area contributed by atoms with E-state index < -0.39 is 0 Å². The van der Waals surface area contributed by atoms with Crippen LogP contribution in [0.25, 0.3) is 0 Å². The number of nitrogens with zero attached hydrogens (tertiary/aromatic N) is 1. The fourth-order valence-electron chi connectivity index (χ4n) is 3.17. The van der Waals surface area contributed by atoms with Crippen LogP contribution in [0.15, 0.2) is 48.5 Å². The topological polar surface area (TPSA) is 44.4 Å². The Morgan fingerprint density at radius 1 is 1.12 bits per heavy atom. The summed E-state index contributed by atoms with van der Waals surface area (Å²) in [5, 5.41) is 5.96. The van der Waals surface area contributed by atoms with E-state index in [-0.39, 0.29) is 11.7 Å². The summed E-state index contributed by atoms with van der Waals surface area (Å²) in [5.41, 5.74) is 2.74. The summed E-state index contributed by atoms with van der Waals surface area (Å²) in [7, 11) is 0. The van der Waals surface area contributed by atoms with Gasteiger partial charge in [-0.1, -0.05) is 13.0 Å². The zero-order valence-corrected chi connectivity index (χ0v) is 15.2. The first kappa shape index (κ1) is 18.2. The second-order valence-electron chi connectivity index (χ2n) is 6.95. The molecule has 138 valence electrons. The second kappa shape index (κ2) is 8.70. The maximum absolute atomic E-state index is 13.1. The number of hydrogen-bond acceptors (Lipinski definition) is 3. The van der Waals surface area contributed by atoms with Crippen molar-refractivity contribution in [3.8, 4) is 0 Å². The van der Waals surface area contributed by atoms with E-state index in [0.29, 0.717) is 18.7 Å². The Kier molecular flexibility index (Phi) is 6.10. The SMILES string of the molecule is CC1CCN(c2ccc(NCCC(=O)Nc3cccc(F)c3)cc2)CC1. The van der Waals surface area contributed by atoms with Crippen LogP contribution in [-0.4, -0.2) is 25.5 Å². The van der Waals surface area contributed by atoms with E-state index in [9.17, 15) is 9.18 Å². The molecule has 0 aromatic heterocycles. The zero-order valence-electron chi connectivity index (χ0n) is 15.2. The van der Waals surface area contributed by atoms with E-state index in [1.807, 2.05) is 0 Å². The molecule has 0 spiro atoms. The number of benzene rings is 2. The van der Waals surface area contributed by atoms with Gasteiger partial charge in [-0.15, -0.1) is 0 Å². The first-order chi connectivity index (χ1) is 12.6. The molecule has 2 aromatic carbocycles. The molecule has 2 N–H and O–H groups in total. The quantitative estimate of drug-likeness (QED) is 0.802. The number of rotatable bonds is 6. The number of carbonyl (C=O) groups excluding carboxylic acids is 1. The highest BCUT2D eigenvalue weighted by atomic mass is 19.1. The predicted octanol–water partition coefficient (Wildman–Crippen LogP) is 4.50. The van der Waals surface area contributed by atoms with Gasteiger partial charge in [0.1, 0.15) is 5.82 Å². The van der Waals surface area contributed by atoms with Crippen molar-refractivity contribution in [2.45, 2.75) is 26.2 Å². The maximum atomic E-state index is 13.1. The fraction of sp³-hybridized carbons (Fsp3) is 0.381. The van der Waals surface area contributed by atoms with E-state index in [1.165, 1.54) is 30.7 Å². The van der Waals surface area contributed by atoms with E-state index >= 15 is 0 Å². The monoisotopic (exact) mass is 355 g/mol. The molecule has 0 bridgehead atoms. The van der Waals surface area contributed by atoms with Crippen molar-refractivity contribution >= 4 is 23.0 Å². The van der Waals surface area contributed by atoms with Crippen LogP contribution in [0.3, 0.4) is 0 Å². The molecule has 0 aliphatic carbocycles. The average Bonchev–Trinajstić information content (AvgIpc) is 2.63. The van der Waals surface area contributed by atoms with Crippen molar-refractivity contribution in [1.29, 1.82) is 0 Å². The third kappa shape index (κ3) is 5.22. The van der Waals surface area contributed by atoms with Gasteiger partial charge in [0, 0.05) is 43.1 Å². The standard InChI is InChI=1S/C21H26FN3O/c1-16-10-13-25(14-11-16)20-7-5-18(6-8-20)23-12-9-21(26)24-19-4-2-3-17(22)15-19/h2-8,15-16,23H,9-14H2,1H3,(H,24,26). The van der Waals surface area contributed by atoms with Gasteiger partial charge in [-0.2, -0.15) is 0 Å². The smallest absolute Gasteiger partial charge is 0.226 e. The summed E-state index contributed by atoms with van der Waals surface area (Å²) in [6, 6.07) is 14.3. The Labute approximate surface area is 154 Å². The van der Waals surface area contributed by atoms with Gasteiger partial charge in [-0.3, -0.25) is 4.79 Å². The Bertz CT molecular complexity index is 724. The molecule has 26 heavy (non-hydrogen) atoms. The lowest BCUT2D eigenvalue weighted by Crippen LogP contribution is -2.32. The largest absolute Gasteiger partial charge is 0.385 e. The van der Waals surface area contributed by atoms with Gasteiger partial charge >= 0.3 is 0 Å². The molecule has 1 aliphatic rings. The van der Waals surface area contributed by atoms with E-state index in [4.69, 9.17) is 0 Å². The average molecular weight is 355 g/mol. The van der Waals surface area contributed by atoms with Gasteiger partial charge < -0.3 is 15.5 Å². The Hall–Kier alpha value is -2.56. The summed E-state index contributed by atoms with van der Waals surface area (Å²) < 4.78 is 13.1. The van der Waals surface area contributed by atoms with Crippen LogP contribution in [-0.2, 0) is 4.79 Å². The van der Waals surface area contributed by atoms with Crippen molar-refractivity contribution in [2.75, 3.05) is 35.2 Å². The van der Waals surface area contributed by atoms with Crippen molar-refractivity contribution in [3.05, 3.63) is 54.3 Å². The maximum Gasteiger partial charge on any atom is 0.226 e. The predicted molar refractivity (Wildman–Crippen MR) is 105 cm³/mol. The molecule has 3 rings (SSSR count). The minimum atomic E-state index is -0.357. The molecule has 0 saturated carbocycles.